The van der Waals surface area contributed by atoms with E-state index in [4.69, 9.17) is 4.98 Å². The minimum Gasteiger partial charge on any atom is -0.333 e. The van der Waals surface area contributed by atoms with Crippen LogP contribution < -0.4 is 5.56 Å². The molecular weight excluding hydrogens is 382 g/mol. The number of carbonyl (C=O) groups excluding carboxylic acids is 2. The number of hydrogen-bond acceptors (Lipinski definition) is 5. The predicted octanol–water partition coefficient (Wildman–Crippen LogP) is 2.22. The van der Waals surface area contributed by atoms with Crippen molar-refractivity contribution < 1.29 is 9.59 Å². The van der Waals surface area contributed by atoms with E-state index in [1.807, 2.05) is 11.8 Å². The predicted molar refractivity (Wildman–Crippen MR) is 111 cm³/mol. The molecule has 0 unspecified atom stereocenters. The number of hydrogen-bond donors (Lipinski definition) is 1. The molecule has 4 heterocycles. The van der Waals surface area contributed by atoms with Gasteiger partial charge in [-0.15, -0.1) is 0 Å². The number of carbonyl (C=O) groups is 2. The summed E-state index contributed by atoms with van der Waals surface area (Å²) >= 11 is 0. The van der Waals surface area contributed by atoms with Crippen LogP contribution in [-0.4, -0.2) is 49.7 Å². The first-order chi connectivity index (χ1) is 14.6. The second kappa shape index (κ2) is 8.77. The summed E-state index contributed by atoms with van der Waals surface area (Å²) in [4.78, 5) is 53.5. The third kappa shape index (κ3) is 3.99. The number of H-pyrrole nitrogens is 1. The average molecular weight is 409 g/mol. The highest BCUT2D eigenvalue weighted by Gasteiger charge is 2.31. The van der Waals surface area contributed by atoms with Gasteiger partial charge in [0.2, 0.25) is 5.91 Å². The van der Waals surface area contributed by atoms with E-state index in [-0.39, 0.29) is 30.0 Å². The smallest absolute Gasteiger partial charge is 0.255 e. The van der Waals surface area contributed by atoms with Crippen LogP contribution in [0.1, 0.15) is 72.5 Å². The average Bonchev–Trinajstić information content (AvgIpc) is 2.79. The van der Waals surface area contributed by atoms with Crippen molar-refractivity contribution in [3.05, 3.63) is 57.5 Å². The molecule has 8 heteroatoms. The summed E-state index contributed by atoms with van der Waals surface area (Å²) in [7, 11) is 0. The van der Waals surface area contributed by atoms with Gasteiger partial charge >= 0.3 is 0 Å². The van der Waals surface area contributed by atoms with E-state index in [9.17, 15) is 14.4 Å². The fraction of sp³-hybridized carbons (Fsp3) is 0.500. The lowest BCUT2D eigenvalue weighted by Crippen LogP contribution is -2.42. The number of rotatable bonds is 4. The Balaban J connectivity index is 1.61. The minimum atomic E-state index is -0.208. The zero-order valence-electron chi connectivity index (χ0n) is 17.3. The highest BCUT2D eigenvalue weighted by atomic mass is 16.2. The number of piperidine rings is 1. The van der Waals surface area contributed by atoms with Gasteiger partial charge in [-0.2, -0.15) is 0 Å². The number of likely N-dealkylation sites (tertiary alicyclic amines) is 1. The van der Waals surface area contributed by atoms with Gasteiger partial charge in [-0.1, -0.05) is 6.92 Å². The van der Waals surface area contributed by atoms with Crippen LogP contribution >= 0.6 is 0 Å². The summed E-state index contributed by atoms with van der Waals surface area (Å²) in [6.45, 7) is 3.44. The van der Waals surface area contributed by atoms with E-state index in [1.54, 1.807) is 29.4 Å². The van der Waals surface area contributed by atoms with Gasteiger partial charge in [0.15, 0.2) is 0 Å². The van der Waals surface area contributed by atoms with Crippen molar-refractivity contribution in [2.75, 3.05) is 13.1 Å². The Labute approximate surface area is 175 Å². The molecular formula is C22H27N5O3. The number of nitrogens with zero attached hydrogens (tertiary/aromatic N) is 4. The zero-order chi connectivity index (χ0) is 21.1. The quantitative estimate of drug-likeness (QED) is 0.835. The van der Waals surface area contributed by atoms with Crippen LogP contribution in [0.3, 0.4) is 0 Å². The Bertz CT molecular complexity index is 988. The standard InChI is InChI=1S/C22H27N5O3/c1-2-6-19(28)27-11-4-3-8-18(27)20-24-17-14-26(12-9-16(17)21(29)25-20)22(30)15-7-5-10-23-13-15/h5,7,10,13,18H,2-4,6,8-9,11-12,14H2,1H3,(H,24,25,29)/t18-/m1/s1. The van der Waals surface area contributed by atoms with E-state index in [2.05, 4.69) is 9.97 Å². The summed E-state index contributed by atoms with van der Waals surface area (Å²) in [6, 6.07) is 3.26. The van der Waals surface area contributed by atoms with Gasteiger partial charge in [-0.25, -0.2) is 4.98 Å². The Kier molecular flexibility index (Phi) is 5.92. The topological polar surface area (TPSA) is 99.3 Å². The fourth-order valence-corrected chi connectivity index (χ4v) is 4.33. The summed E-state index contributed by atoms with van der Waals surface area (Å²) in [6.07, 6.45) is 7.68. The zero-order valence-corrected chi connectivity index (χ0v) is 17.3. The molecule has 0 radical (unpaired) electrons. The molecule has 8 nitrogen and oxygen atoms in total. The number of nitrogens with one attached hydrogen (secondary N) is 1. The van der Waals surface area contributed by atoms with Gasteiger partial charge in [0.05, 0.1) is 23.8 Å². The molecule has 2 aromatic rings. The second-order valence-corrected chi connectivity index (χ2v) is 7.94. The third-order valence-electron chi connectivity index (χ3n) is 5.89. The monoisotopic (exact) mass is 409 g/mol. The van der Waals surface area contributed by atoms with E-state index < -0.39 is 0 Å². The van der Waals surface area contributed by atoms with Crippen molar-refractivity contribution in [2.24, 2.45) is 0 Å². The van der Waals surface area contributed by atoms with Crippen LogP contribution in [0.4, 0.5) is 0 Å². The lowest BCUT2D eigenvalue weighted by molar-refractivity contribution is -0.135. The maximum Gasteiger partial charge on any atom is 0.255 e. The summed E-state index contributed by atoms with van der Waals surface area (Å²) in [5, 5.41) is 0. The van der Waals surface area contributed by atoms with Crippen LogP contribution in [0.25, 0.3) is 0 Å². The van der Waals surface area contributed by atoms with Crippen LogP contribution in [0.5, 0.6) is 0 Å². The van der Waals surface area contributed by atoms with Crippen molar-refractivity contribution in [3.8, 4) is 0 Å². The van der Waals surface area contributed by atoms with Crippen molar-refractivity contribution in [1.82, 2.24) is 24.8 Å². The summed E-state index contributed by atoms with van der Waals surface area (Å²) < 4.78 is 0. The SMILES string of the molecule is CCCC(=O)N1CCCC[C@@H]1c1nc2c(c(=O)[nH]1)CCN(C(=O)c1cccnc1)C2. The highest BCUT2D eigenvalue weighted by molar-refractivity contribution is 5.94. The normalized spacial score (nSPS) is 18.8. The van der Waals surface area contributed by atoms with Crippen LogP contribution in [-0.2, 0) is 17.8 Å². The first-order valence-corrected chi connectivity index (χ1v) is 10.7. The van der Waals surface area contributed by atoms with E-state index in [1.165, 1.54) is 0 Å². The number of aromatic nitrogens is 3. The Morgan fingerprint density at radius 3 is 2.90 bits per heavy atom. The molecule has 1 fully saturated rings. The van der Waals surface area contributed by atoms with Crippen molar-refractivity contribution in [3.63, 3.8) is 0 Å². The number of fused-ring (bicyclic) bond motifs is 1. The lowest BCUT2D eigenvalue weighted by atomic mass is 9.99. The first kappa shape index (κ1) is 20.3. The van der Waals surface area contributed by atoms with E-state index in [0.717, 1.165) is 25.7 Å². The molecule has 2 amide bonds. The fourth-order valence-electron chi connectivity index (χ4n) is 4.33. The molecule has 158 valence electrons. The Morgan fingerprint density at radius 2 is 2.13 bits per heavy atom. The van der Waals surface area contributed by atoms with Crippen LogP contribution in [0.2, 0.25) is 0 Å². The van der Waals surface area contributed by atoms with Gasteiger partial charge in [0, 0.05) is 37.5 Å². The molecule has 0 bridgehead atoms. The molecule has 0 saturated carbocycles. The number of amides is 2. The van der Waals surface area contributed by atoms with E-state index in [0.29, 0.717) is 48.6 Å². The van der Waals surface area contributed by atoms with Gasteiger partial charge < -0.3 is 14.8 Å². The van der Waals surface area contributed by atoms with Crippen LogP contribution in [0.15, 0.2) is 29.3 Å². The molecule has 0 aliphatic carbocycles. The molecule has 1 N–H and O–H groups in total. The second-order valence-electron chi connectivity index (χ2n) is 7.94. The van der Waals surface area contributed by atoms with Gasteiger partial charge in [0.1, 0.15) is 5.82 Å². The van der Waals surface area contributed by atoms with Crippen molar-refractivity contribution in [1.29, 1.82) is 0 Å². The van der Waals surface area contributed by atoms with E-state index >= 15 is 0 Å². The highest BCUT2D eigenvalue weighted by Crippen LogP contribution is 2.30. The summed E-state index contributed by atoms with van der Waals surface area (Å²) in [5.41, 5.74) is 1.63. The van der Waals surface area contributed by atoms with Gasteiger partial charge in [-0.3, -0.25) is 19.4 Å². The maximum atomic E-state index is 12.8. The molecule has 30 heavy (non-hydrogen) atoms. The largest absolute Gasteiger partial charge is 0.333 e. The lowest BCUT2D eigenvalue weighted by Gasteiger charge is -2.36. The van der Waals surface area contributed by atoms with Crippen LogP contribution in [0, 0.1) is 0 Å². The first-order valence-electron chi connectivity index (χ1n) is 10.7. The number of aromatic amines is 1. The molecule has 2 aliphatic rings. The molecule has 4 rings (SSSR count). The molecule has 2 aromatic heterocycles. The van der Waals surface area contributed by atoms with Gasteiger partial charge in [0.25, 0.3) is 11.5 Å². The Hall–Kier alpha value is -3.03. The maximum absolute atomic E-state index is 12.8. The molecule has 0 spiro atoms. The Morgan fingerprint density at radius 1 is 1.27 bits per heavy atom. The summed E-state index contributed by atoms with van der Waals surface area (Å²) in [5.74, 6) is 0.532. The molecule has 0 aromatic carbocycles. The molecule has 1 saturated heterocycles. The third-order valence-corrected chi connectivity index (χ3v) is 5.89. The van der Waals surface area contributed by atoms with Gasteiger partial charge in [-0.05, 0) is 44.2 Å². The molecule has 1 atom stereocenters. The van der Waals surface area contributed by atoms with Crippen molar-refractivity contribution >= 4 is 11.8 Å². The van der Waals surface area contributed by atoms with Crippen molar-refractivity contribution in [2.45, 2.75) is 58.0 Å². The minimum absolute atomic E-state index is 0.107. The molecule has 2 aliphatic heterocycles. The number of pyridine rings is 1.